The Morgan fingerprint density at radius 1 is 1.05 bits per heavy atom. The summed E-state index contributed by atoms with van der Waals surface area (Å²) < 4.78 is 37.9. The number of rotatable bonds is 9. The molecule has 4 rings (SSSR count). The number of benzene rings is 2. The maximum atomic E-state index is 13.6. The van der Waals surface area contributed by atoms with E-state index in [9.17, 15) is 13.6 Å². The van der Waals surface area contributed by atoms with Crippen LogP contribution < -0.4 is 20.1 Å². The fourth-order valence-corrected chi connectivity index (χ4v) is 6.28. The Morgan fingerprint density at radius 3 is 2.49 bits per heavy atom. The number of urea groups is 1. The Hall–Kier alpha value is -2.87. The summed E-state index contributed by atoms with van der Waals surface area (Å²) >= 11 is 0. The van der Waals surface area contributed by atoms with E-state index in [4.69, 9.17) is 9.47 Å². The SMILES string of the molecule is CCC(CC)CN1CC[C@]2(c3ccc(OC)c(OC)c3)CC[C@@H](NC(=O)Nc3ccc(F)c(F)c3)C[C@H]12. The molecule has 0 unspecified atom stereocenters. The minimum absolute atomic E-state index is 0.0223. The van der Waals surface area contributed by atoms with Gasteiger partial charge in [-0.3, -0.25) is 4.90 Å². The van der Waals surface area contributed by atoms with E-state index in [2.05, 4.69) is 41.5 Å². The summed E-state index contributed by atoms with van der Waals surface area (Å²) in [6.45, 7) is 6.56. The lowest BCUT2D eigenvalue weighted by Crippen LogP contribution is -2.53. The molecule has 0 spiro atoms. The van der Waals surface area contributed by atoms with Crippen LogP contribution in [0.4, 0.5) is 19.3 Å². The molecule has 2 N–H and O–H groups in total. The van der Waals surface area contributed by atoms with Crippen LogP contribution in [0.1, 0.15) is 57.9 Å². The van der Waals surface area contributed by atoms with Crippen molar-refractivity contribution in [3.63, 3.8) is 0 Å². The van der Waals surface area contributed by atoms with Crippen LogP contribution in [0.25, 0.3) is 0 Å². The summed E-state index contributed by atoms with van der Waals surface area (Å²) in [6.07, 6.45) is 5.92. The summed E-state index contributed by atoms with van der Waals surface area (Å²) in [7, 11) is 3.31. The van der Waals surface area contributed by atoms with Crippen molar-refractivity contribution in [2.45, 2.75) is 69.9 Å². The number of methoxy groups -OCH3 is 2. The zero-order chi connectivity index (χ0) is 26.6. The number of nitrogens with one attached hydrogen (secondary N) is 2. The zero-order valence-corrected chi connectivity index (χ0v) is 22.3. The first-order chi connectivity index (χ1) is 17.8. The van der Waals surface area contributed by atoms with Crippen LogP contribution in [0.5, 0.6) is 11.5 Å². The predicted molar refractivity (Wildman–Crippen MR) is 141 cm³/mol. The Morgan fingerprint density at radius 2 is 1.81 bits per heavy atom. The Labute approximate surface area is 218 Å². The number of hydrogen-bond donors (Lipinski definition) is 2. The third-order valence-corrected chi connectivity index (χ3v) is 8.49. The Bertz CT molecular complexity index is 1090. The number of nitrogens with zero attached hydrogens (tertiary/aromatic N) is 1. The maximum Gasteiger partial charge on any atom is 0.319 e. The lowest BCUT2D eigenvalue weighted by atomic mass is 9.65. The molecular formula is C29H39F2N3O3. The second-order valence-corrected chi connectivity index (χ2v) is 10.4. The van der Waals surface area contributed by atoms with Crippen molar-refractivity contribution in [1.82, 2.24) is 10.2 Å². The molecule has 2 aliphatic rings. The van der Waals surface area contributed by atoms with Crippen molar-refractivity contribution in [1.29, 1.82) is 0 Å². The van der Waals surface area contributed by atoms with Gasteiger partial charge in [0.15, 0.2) is 23.1 Å². The maximum absolute atomic E-state index is 13.6. The van der Waals surface area contributed by atoms with Crippen LogP contribution in [0.2, 0.25) is 0 Å². The van der Waals surface area contributed by atoms with E-state index in [1.165, 1.54) is 11.6 Å². The van der Waals surface area contributed by atoms with Gasteiger partial charge in [0.05, 0.1) is 14.2 Å². The zero-order valence-electron chi connectivity index (χ0n) is 22.3. The summed E-state index contributed by atoms with van der Waals surface area (Å²) in [5.74, 6) is 0.154. The predicted octanol–water partition coefficient (Wildman–Crippen LogP) is 6.10. The summed E-state index contributed by atoms with van der Waals surface area (Å²) in [4.78, 5) is 15.4. The van der Waals surface area contributed by atoms with E-state index in [0.29, 0.717) is 5.92 Å². The second kappa shape index (κ2) is 11.7. The highest BCUT2D eigenvalue weighted by Gasteiger charge is 2.51. The number of carbonyl (C=O) groups is 1. The van der Waals surface area contributed by atoms with Gasteiger partial charge in [-0.1, -0.05) is 32.8 Å². The third kappa shape index (κ3) is 5.69. The lowest BCUT2D eigenvalue weighted by molar-refractivity contribution is 0.120. The van der Waals surface area contributed by atoms with E-state index < -0.39 is 17.7 Å². The van der Waals surface area contributed by atoms with Crippen molar-refractivity contribution in [2.75, 3.05) is 32.6 Å². The molecule has 37 heavy (non-hydrogen) atoms. The summed E-state index contributed by atoms with van der Waals surface area (Å²) in [6, 6.07) is 9.48. The average molecular weight is 516 g/mol. The van der Waals surface area contributed by atoms with Crippen molar-refractivity contribution in [2.24, 2.45) is 5.92 Å². The van der Waals surface area contributed by atoms with Crippen LogP contribution >= 0.6 is 0 Å². The molecule has 0 bridgehead atoms. The highest BCUT2D eigenvalue weighted by Crippen LogP contribution is 2.50. The average Bonchev–Trinajstić information content (AvgIpc) is 3.27. The van der Waals surface area contributed by atoms with Gasteiger partial charge in [0.1, 0.15) is 0 Å². The smallest absolute Gasteiger partial charge is 0.319 e. The molecule has 1 aliphatic carbocycles. The molecule has 2 aromatic rings. The number of hydrogen-bond acceptors (Lipinski definition) is 4. The van der Waals surface area contributed by atoms with E-state index in [1.54, 1.807) is 14.2 Å². The number of ether oxygens (including phenoxy) is 2. The molecule has 1 aliphatic heterocycles. The van der Waals surface area contributed by atoms with Crippen LogP contribution in [0, 0.1) is 17.6 Å². The van der Waals surface area contributed by atoms with Gasteiger partial charge in [-0.2, -0.15) is 0 Å². The Kier molecular flexibility index (Phi) is 8.57. The molecule has 2 aromatic carbocycles. The number of fused-ring (bicyclic) bond motifs is 1. The van der Waals surface area contributed by atoms with Crippen molar-refractivity contribution in [3.8, 4) is 11.5 Å². The molecule has 0 radical (unpaired) electrons. The molecule has 1 saturated carbocycles. The van der Waals surface area contributed by atoms with Gasteiger partial charge in [0, 0.05) is 35.8 Å². The Balaban J connectivity index is 1.55. The summed E-state index contributed by atoms with van der Waals surface area (Å²) in [5, 5.41) is 5.73. The number of carbonyl (C=O) groups excluding carboxylic acids is 1. The standard InChI is InChI=1S/C29H39F2N3O3/c1-5-19(6-2)18-34-14-13-29(20-7-10-25(36-3)26(15-20)37-4)12-11-22(17-27(29)34)33-28(35)32-21-8-9-23(30)24(31)16-21/h7-10,15-16,19,22,27H,5-6,11-14,17-18H2,1-4H3,(H2,32,33,35)/t22-,27+,29+/m1/s1. The molecule has 8 heteroatoms. The molecule has 2 amide bonds. The van der Waals surface area contributed by atoms with Gasteiger partial charge < -0.3 is 20.1 Å². The van der Waals surface area contributed by atoms with Gasteiger partial charge in [0.2, 0.25) is 0 Å². The molecule has 0 aromatic heterocycles. The van der Waals surface area contributed by atoms with E-state index in [-0.39, 0.29) is 23.2 Å². The van der Waals surface area contributed by atoms with Gasteiger partial charge in [-0.15, -0.1) is 0 Å². The van der Waals surface area contributed by atoms with Gasteiger partial charge in [-0.05, 0) is 68.0 Å². The highest BCUT2D eigenvalue weighted by atomic mass is 19.2. The van der Waals surface area contributed by atoms with E-state index >= 15 is 0 Å². The number of likely N-dealkylation sites (tertiary alicyclic amines) is 1. The van der Waals surface area contributed by atoms with Crippen molar-refractivity contribution in [3.05, 3.63) is 53.6 Å². The van der Waals surface area contributed by atoms with Gasteiger partial charge in [-0.25, -0.2) is 13.6 Å². The van der Waals surface area contributed by atoms with Gasteiger partial charge >= 0.3 is 6.03 Å². The van der Waals surface area contributed by atoms with Crippen molar-refractivity contribution < 1.29 is 23.0 Å². The highest BCUT2D eigenvalue weighted by molar-refractivity contribution is 5.89. The van der Waals surface area contributed by atoms with Crippen molar-refractivity contribution >= 4 is 11.7 Å². The molecule has 202 valence electrons. The fourth-order valence-electron chi connectivity index (χ4n) is 6.28. The fraction of sp³-hybridized carbons (Fsp3) is 0.552. The molecule has 3 atom stereocenters. The first-order valence-corrected chi connectivity index (χ1v) is 13.3. The molecule has 1 heterocycles. The minimum Gasteiger partial charge on any atom is -0.493 e. The molecule has 1 saturated heterocycles. The molecule has 2 fully saturated rings. The second-order valence-electron chi connectivity index (χ2n) is 10.4. The van der Waals surface area contributed by atoms with E-state index in [1.807, 2.05) is 6.07 Å². The minimum atomic E-state index is -0.988. The topological polar surface area (TPSA) is 62.8 Å². The first kappa shape index (κ1) is 27.2. The lowest BCUT2D eigenvalue weighted by Gasteiger charge is -2.46. The van der Waals surface area contributed by atoms with E-state index in [0.717, 1.165) is 75.2 Å². The molecule has 6 nitrogen and oxygen atoms in total. The van der Waals surface area contributed by atoms with Gasteiger partial charge in [0.25, 0.3) is 0 Å². The number of anilines is 1. The monoisotopic (exact) mass is 515 g/mol. The first-order valence-electron chi connectivity index (χ1n) is 13.3. The normalized spacial score (nSPS) is 23.5. The number of amides is 2. The largest absolute Gasteiger partial charge is 0.493 e. The van der Waals surface area contributed by atoms with Crippen LogP contribution in [0.3, 0.4) is 0 Å². The van der Waals surface area contributed by atoms with Crippen LogP contribution in [-0.4, -0.2) is 50.3 Å². The summed E-state index contributed by atoms with van der Waals surface area (Å²) in [5.41, 5.74) is 1.45. The quantitative estimate of drug-likeness (QED) is 0.423. The van der Waals surface area contributed by atoms with Crippen LogP contribution in [0.15, 0.2) is 36.4 Å². The van der Waals surface area contributed by atoms with Crippen LogP contribution in [-0.2, 0) is 5.41 Å². The number of halogens is 2. The third-order valence-electron chi connectivity index (χ3n) is 8.49. The molecular weight excluding hydrogens is 476 g/mol.